The molecule has 1 saturated heterocycles. The molecule has 2 aromatic heterocycles. The van der Waals surface area contributed by atoms with Crippen LogP contribution in [-0.2, 0) is 16.0 Å². The molecule has 0 saturated carbocycles. The lowest BCUT2D eigenvalue weighted by atomic mass is 10.2. The lowest BCUT2D eigenvalue weighted by Gasteiger charge is -2.26. The Balaban J connectivity index is 1.22. The van der Waals surface area contributed by atoms with Gasteiger partial charge in [-0.2, -0.15) is 5.10 Å². The number of amides is 1. The van der Waals surface area contributed by atoms with Gasteiger partial charge in [0.05, 0.1) is 38.9 Å². The Morgan fingerprint density at radius 1 is 1.11 bits per heavy atom. The number of hydrogen-bond acceptors (Lipinski definition) is 9. The molecule has 0 atom stereocenters. The molecule has 11 heteroatoms. The summed E-state index contributed by atoms with van der Waals surface area (Å²) in [5.41, 5.74) is 2.13. The first-order valence-corrected chi connectivity index (χ1v) is 12.6. The molecule has 0 aliphatic carbocycles. The molecule has 3 N–H and O–H groups in total. The van der Waals surface area contributed by atoms with Crippen molar-refractivity contribution in [3.05, 3.63) is 60.6 Å². The fourth-order valence-electron chi connectivity index (χ4n) is 4.27. The lowest BCUT2D eigenvalue weighted by molar-refractivity contribution is -0.115. The van der Waals surface area contributed by atoms with Gasteiger partial charge in [0.1, 0.15) is 12.1 Å². The molecule has 38 heavy (non-hydrogen) atoms. The minimum absolute atomic E-state index is 0.138. The molecule has 0 unspecified atom stereocenters. The van der Waals surface area contributed by atoms with E-state index < -0.39 is 0 Å². The summed E-state index contributed by atoms with van der Waals surface area (Å²) in [6.45, 7) is 5.05. The van der Waals surface area contributed by atoms with E-state index in [4.69, 9.17) is 14.2 Å². The summed E-state index contributed by atoms with van der Waals surface area (Å²) in [6.07, 6.45) is 2.55. The molecular weight excluding hydrogens is 486 g/mol. The van der Waals surface area contributed by atoms with E-state index in [2.05, 4.69) is 35.7 Å². The van der Waals surface area contributed by atoms with Crippen LogP contribution in [0.1, 0.15) is 12.1 Å². The highest BCUT2D eigenvalue weighted by molar-refractivity contribution is 5.93. The standard InChI is InChI=1S/C27H31N7O4/c1-36-23-16-21-22(17-24(23)38-11-5-8-34-9-12-37-13-10-34)28-18-29-27(21)31-25-14-20(32-33-25)15-26(35)30-19-6-3-2-4-7-19/h2-4,6-7,14,16-18H,5,8-13,15H2,1H3,(H,30,35)(H2,28,29,31,32,33). The van der Waals surface area contributed by atoms with Gasteiger partial charge in [-0.05, 0) is 24.6 Å². The van der Waals surface area contributed by atoms with Crippen LogP contribution in [0.25, 0.3) is 10.9 Å². The number of ether oxygens (including phenoxy) is 3. The summed E-state index contributed by atoms with van der Waals surface area (Å²) in [5.74, 6) is 2.20. The second-order valence-electron chi connectivity index (χ2n) is 8.89. The first kappa shape index (κ1) is 25.4. The van der Waals surface area contributed by atoms with Crippen molar-refractivity contribution in [2.45, 2.75) is 12.8 Å². The van der Waals surface area contributed by atoms with Gasteiger partial charge in [-0.15, -0.1) is 0 Å². The minimum atomic E-state index is -0.138. The first-order valence-electron chi connectivity index (χ1n) is 12.6. The van der Waals surface area contributed by atoms with Crippen LogP contribution in [0, 0.1) is 0 Å². The van der Waals surface area contributed by atoms with E-state index in [-0.39, 0.29) is 12.3 Å². The van der Waals surface area contributed by atoms with Crippen molar-refractivity contribution in [3.8, 4) is 11.5 Å². The Kier molecular flexibility index (Phi) is 8.26. The second-order valence-corrected chi connectivity index (χ2v) is 8.89. The number of carbonyl (C=O) groups is 1. The summed E-state index contributed by atoms with van der Waals surface area (Å²) < 4.78 is 17.1. The summed E-state index contributed by atoms with van der Waals surface area (Å²) in [4.78, 5) is 23.6. The number of nitrogens with one attached hydrogen (secondary N) is 3. The maximum Gasteiger partial charge on any atom is 0.230 e. The number of aromatic amines is 1. The van der Waals surface area contributed by atoms with Gasteiger partial charge in [-0.1, -0.05) is 18.2 Å². The molecule has 1 fully saturated rings. The van der Waals surface area contributed by atoms with Crippen LogP contribution in [0.3, 0.4) is 0 Å². The molecule has 1 aliphatic heterocycles. The number of hydrogen-bond donors (Lipinski definition) is 3. The molecular formula is C27H31N7O4. The lowest BCUT2D eigenvalue weighted by Crippen LogP contribution is -2.37. The van der Waals surface area contributed by atoms with E-state index in [1.165, 1.54) is 6.33 Å². The topological polar surface area (TPSA) is 127 Å². The van der Waals surface area contributed by atoms with Crippen molar-refractivity contribution < 1.29 is 19.0 Å². The molecule has 2 aromatic carbocycles. The van der Waals surface area contributed by atoms with E-state index in [9.17, 15) is 4.79 Å². The molecule has 4 aromatic rings. The largest absolute Gasteiger partial charge is 0.493 e. The quantitative estimate of drug-likeness (QED) is 0.257. The average molecular weight is 518 g/mol. The van der Waals surface area contributed by atoms with Crippen LogP contribution < -0.4 is 20.1 Å². The van der Waals surface area contributed by atoms with Crippen molar-refractivity contribution in [2.75, 3.05) is 57.2 Å². The van der Waals surface area contributed by atoms with Gasteiger partial charge in [0, 0.05) is 48.5 Å². The summed E-state index contributed by atoms with van der Waals surface area (Å²) in [5, 5.41) is 14.0. The number of rotatable bonds is 11. The Hall–Kier alpha value is -4.22. The highest BCUT2D eigenvalue weighted by Gasteiger charge is 2.14. The third kappa shape index (κ3) is 6.55. The normalized spacial score (nSPS) is 13.8. The van der Waals surface area contributed by atoms with Crippen molar-refractivity contribution in [2.24, 2.45) is 0 Å². The molecule has 0 spiro atoms. The Bertz CT molecular complexity index is 1360. The van der Waals surface area contributed by atoms with Crippen LogP contribution in [0.4, 0.5) is 17.3 Å². The third-order valence-corrected chi connectivity index (χ3v) is 6.19. The van der Waals surface area contributed by atoms with Gasteiger partial charge in [-0.3, -0.25) is 14.8 Å². The van der Waals surface area contributed by atoms with Crippen LogP contribution >= 0.6 is 0 Å². The number of para-hydroxylation sites is 1. The molecule has 0 radical (unpaired) electrons. The maximum absolute atomic E-state index is 12.4. The molecule has 11 nitrogen and oxygen atoms in total. The fourth-order valence-corrected chi connectivity index (χ4v) is 4.27. The number of nitrogens with zero attached hydrogens (tertiary/aromatic N) is 4. The molecule has 5 rings (SSSR count). The van der Waals surface area contributed by atoms with Crippen LogP contribution in [0.15, 0.2) is 54.9 Å². The number of carbonyl (C=O) groups excluding carboxylic acids is 1. The fraction of sp³-hybridized carbons (Fsp3) is 0.333. The van der Waals surface area contributed by atoms with Crippen molar-refractivity contribution in [1.29, 1.82) is 0 Å². The van der Waals surface area contributed by atoms with Gasteiger partial charge in [0.2, 0.25) is 5.91 Å². The van der Waals surface area contributed by atoms with Gasteiger partial charge in [0.25, 0.3) is 0 Å². The SMILES string of the molecule is COc1cc2c(Nc3cc(CC(=O)Nc4ccccc4)[nH]n3)ncnc2cc1OCCCN1CCOCC1. The third-order valence-electron chi connectivity index (χ3n) is 6.19. The highest BCUT2D eigenvalue weighted by atomic mass is 16.5. The summed E-state index contributed by atoms with van der Waals surface area (Å²) >= 11 is 0. The number of methoxy groups -OCH3 is 1. The predicted molar refractivity (Wildman–Crippen MR) is 144 cm³/mol. The number of H-pyrrole nitrogens is 1. The van der Waals surface area contributed by atoms with Crippen LogP contribution in [0.2, 0.25) is 0 Å². The number of aromatic nitrogens is 4. The van der Waals surface area contributed by atoms with Crippen molar-refractivity contribution in [3.63, 3.8) is 0 Å². The molecule has 3 heterocycles. The van der Waals surface area contributed by atoms with E-state index in [0.29, 0.717) is 41.0 Å². The predicted octanol–water partition coefficient (Wildman–Crippen LogP) is 3.39. The van der Waals surface area contributed by atoms with Gasteiger partial charge in [0.15, 0.2) is 17.3 Å². The van der Waals surface area contributed by atoms with Crippen LogP contribution in [0.5, 0.6) is 11.5 Å². The highest BCUT2D eigenvalue weighted by Crippen LogP contribution is 2.34. The number of fused-ring (bicyclic) bond motifs is 1. The zero-order valence-electron chi connectivity index (χ0n) is 21.3. The van der Waals surface area contributed by atoms with Gasteiger partial charge >= 0.3 is 0 Å². The number of anilines is 3. The van der Waals surface area contributed by atoms with E-state index in [1.54, 1.807) is 13.2 Å². The zero-order valence-corrected chi connectivity index (χ0v) is 21.3. The van der Waals surface area contributed by atoms with Crippen molar-refractivity contribution >= 4 is 34.1 Å². The Morgan fingerprint density at radius 2 is 1.95 bits per heavy atom. The summed E-state index contributed by atoms with van der Waals surface area (Å²) in [6, 6.07) is 14.8. The number of benzene rings is 2. The van der Waals surface area contributed by atoms with E-state index in [1.807, 2.05) is 42.5 Å². The Morgan fingerprint density at radius 3 is 2.76 bits per heavy atom. The van der Waals surface area contributed by atoms with Crippen molar-refractivity contribution in [1.82, 2.24) is 25.1 Å². The van der Waals surface area contributed by atoms with Gasteiger partial charge < -0.3 is 24.8 Å². The molecule has 198 valence electrons. The molecule has 1 amide bonds. The number of morpholine rings is 1. The summed E-state index contributed by atoms with van der Waals surface area (Å²) in [7, 11) is 1.61. The average Bonchev–Trinajstić information content (AvgIpc) is 3.38. The molecule has 0 bridgehead atoms. The second kappa shape index (κ2) is 12.3. The van der Waals surface area contributed by atoms with E-state index in [0.717, 1.165) is 50.3 Å². The Labute approximate surface area is 220 Å². The van der Waals surface area contributed by atoms with Gasteiger partial charge in [-0.25, -0.2) is 9.97 Å². The zero-order chi connectivity index (χ0) is 26.2. The van der Waals surface area contributed by atoms with Crippen LogP contribution in [-0.4, -0.2) is 77.5 Å². The van der Waals surface area contributed by atoms with E-state index >= 15 is 0 Å². The maximum atomic E-state index is 12.4. The molecule has 1 aliphatic rings. The monoisotopic (exact) mass is 517 g/mol. The smallest absolute Gasteiger partial charge is 0.230 e. The minimum Gasteiger partial charge on any atom is -0.493 e. The first-order chi connectivity index (χ1) is 18.7.